The Balaban J connectivity index is 2.08. The highest BCUT2D eigenvalue weighted by Crippen LogP contribution is 2.23. The predicted octanol–water partition coefficient (Wildman–Crippen LogP) is 1.52. The minimum absolute atomic E-state index is 0.299. The van der Waals surface area contributed by atoms with Crippen LogP contribution in [0.3, 0.4) is 0 Å². The lowest BCUT2D eigenvalue weighted by Crippen LogP contribution is -2.44. The van der Waals surface area contributed by atoms with E-state index in [4.69, 9.17) is 10.5 Å². The summed E-state index contributed by atoms with van der Waals surface area (Å²) in [4.78, 5) is 6.60. The van der Waals surface area contributed by atoms with Crippen molar-refractivity contribution in [1.29, 1.82) is 0 Å². The maximum atomic E-state index is 5.63. The Hall–Kier alpha value is -1.29. The van der Waals surface area contributed by atoms with Crippen LogP contribution in [0.1, 0.15) is 13.3 Å². The van der Waals surface area contributed by atoms with Crippen LogP contribution >= 0.6 is 0 Å². The quantitative estimate of drug-likeness (QED) is 0.822. The van der Waals surface area contributed by atoms with Crippen molar-refractivity contribution >= 4 is 11.5 Å². The molecule has 0 saturated carbocycles. The molecule has 2 N–H and O–H groups in total. The van der Waals surface area contributed by atoms with Gasteiger partial charge in [0, 0.05) is 20.2 Å². The number of hydrogen-bond donors (Lipinski definition) is 1. The van der Waals surface area contributed by atoms with Gasteiger partial charge in [0.2, 0.25) is 0 Å². The summed E-state index contributed by atoms with van der Waals surface area (Å²) >= 11 is 0. The first-order valence-electron chi connectivity index (χ1n) is 5.70. The molecule has 4 heteroatoms. The molecule has 1 aliphatic rings. The second-order valence-corrected chi connectivity index (χ2v) is 4.44. The van der Waals surface area contributed by atoms with Gasteiger partial charge >= 0.3 is 0 Å². The van der Waals surface area contributed by atoms with E-state index in [2.05, 4.69) is 16.8 Å². The van der Waals surface area contributed by atoms with Crippen LogP contribution in [0.15, 0.2) is 18.3 Å². The second kappa shape index (κ2) is 4.70. The van der Waals surface area contributed by atoms with Crippen LogP contribution in [-0.4, -0.2) is 31.3 Å². The monoisotopic (exact) mass is 221 g/mol. The predicted molar refractivity (Wildman–Crippen MR) is 65.4 cm³/mol. The van der Waals surface area contributed by atoms with Gasteiger partial charge in [-0.1, -0.05) is 6.92 Å². The SMILES string of the molecule is COC1CN(c2ccc(N)cn2)CCC1C. The number of anilines is 2. The van der Waals surface area contributed by atoms with E-state index in [-0.39, 0.29) is 0 Å². The third-order valence-electron chi connectivity index (χ3n) is 3.29. The van der Waals surface area contributed by atoms with Crippen LogP contribution in [0.25, 0.3) is 0 Å². The highest BCUT2D eigenvalue weighted by atomic mass is 16.5. The Morgan fingerprint density at radius 1 is 1.50 bits per heavy atom. The molecule has 0 amide bonds. The maximum Gasteiger partial charge on any atom is 0.128 e. The molecule has 1 fully saturated rings. The Labute approximate surface area is 96.4 Å². The van der Waals surface area contributed by atoms with Crippen LogP contribution in [-0.2, 0) is 4.74 Å². The number of hydrogen-bond acceptors (Lipinski definition) is 4. The van der Waals surface area contributed by atoms with Gasteiger partial charge in [-0.15, -0.1) is 0 Å². The van der Waals surface area contributed by atoms with Crippen molar-refractivity contribution in [2.24, 2.45) is 5.92 Å². The first-order valence-corrected chi connectivity index (χ1v) is 5.70. The van der Waals surface area contributed by atoms with Gasteiger partial charge in [-0.3, -0.25) is 0 Å². The van der Waals surface area contributed by atoms with Gasteiger partial charge in [-0.2, -0.15) is 0 Å². The molecule has 4 nitrogen and oxygen atoms in total. The normalized spacial score (nSPS) is 25.8. The Bertz CT molecular complexity index is 339. The Kier molecular flexibility index (Phi) is 3.29. The number of rotatable bonds is 2. The molecule has 0 aromatic carbocycles. The summed E-state index contributed by atoms with van der Waals surface area (Å²) in [6.07, 6.45) is 3.15. The fourth-order valence-corrected chi connectivity index (χ4v) is 2.13. The molecule has 0 bridgehead atoms. The van der Waals surface area contributed by atoms with Crippen molar-refractivity contribution in [3.05, 3.63) is 18.3 Å². The average molecular weight is 221 g/mol. The Morgan fingerprint density at radius 3 is 2.94 bits per heavy atom. The molecule has 1 aromatic heterocycles. The van der Waals surface area contributed by atoms with Gasteiger partial charge in [0.15, 0.2) is 0 Å². The van der Waals surface area contributed by atoms with E-state index < -0.39 is 0 Å². The fraction of sp³-hybridized carbons (Fsp3) is 0.583. The number of nitrogens with two attached hydrogens (primary N) is 1. The van der Waals surface area contributed by atoms with Gasteiger partial charge in [0.1, 0.15) is 5.82 Å². The molecule has 2 unspecified atom stereocenters. The van der Waals surface area contributed by atoms with Crippen molar-refractivity contribution in [2.45, 2.75) is 19.4 Å². The lowest BCUT2D eigenvalue weighted by Gasteiger charge is -2.36. The van der Waals surface area contributed by atoms with E-state index in [1.165, 1.54) is 0 Å². The molecule has 1 aliphatic heterocycles. The zero-order valence-electron chi connectivity index (χ0n) is 9.89. The minimum Gasteiger partial charge on any atom is -0.397 e. The topological polar surface area (TPSA) is 51.4 Å². The number of methoxy groups -OCH3 is 1. The lowest BCUT2D eigenvalue weighted by molar-refractivity contribution is 0.0496. The molecular weight excluding hydrogens is 202 g/mol. The minimum atomic E-state index is 0.299. The first-order chi connectivity index (χ1) is 7.70. The van der Waals surface area contributed by atoms with E-state index >= 15 is 0 Å². The molecular formula is C12H19N3O. The van der Waals surface area contributed by atoms with Gasteiger partial charge in [-0.05, 0) is 24.5 Å². The molecule has 0 radical (unpaired) electrons. The number of aromatic nitrogens is 1. The van der Waals surface area contributed by atoms with Gasteiger partial charge in [0.05, 0.1) is 18.0 Å². The molecule has 2 rings (SSSR count). The zero-order chi connectivity index (χ0) is 11.5. The molecule has 0 aliphatic carbocycles. The summed E-state index contributed by atoms with van der Waals surface area (Å²) in [6, 6.07) is 3.86. The molecule has 88 valence electrons. The van der Waals surface area contributed by atoms with Gasteiger partial charge in [0.25, 0.3) is 0 Å². The van der Waals surface area contributed by atoms with Gasteiger partial charge in [-0.25, -0.2) is 4.98 Å². The standard InChI is InChI=1S/C12H19N3O/c1-9-5-6-15(8-11(9)16-2)12-4-3-10(13)7-14-12/h3-4,7,9,11H,5-6,8,13H2,1-2H3. The summed E-state index contributed by atoms with van der Waals surface area (Å²) in [7, 11) is 1.78. The number of piperidine rings is 1. The smallest absolute Gasteiger partial charge is 0.128 e. The van der Waals surface area contributed by atoms with Crippen LogP contribution < -0.4 is 10.6 Å². The van der Waals surface area contributed by atoms with Crippen molar-refractivity contribution in [2.75, 3.05) is 30.8 Å². The number of ether oxygens (including phenoxy) is 1. The van der Waals surface area contributed by atoms with E-state index in [1.54, 1.807) is 13.3 Å². The maximum absolute atomic E-state index is 5.63. The van der Waals surface area contributed by atoms with E-state index in [0.29, 0.717) is 17.7 Å². The van der Waals surface area contributed by atoms with Crippen LogP contribution in [0.2, 0.25) is 0 Å². The molecule has 2 heterocycles. The largest absolute Gasteiger partial charge is 0.397 e. The highest BCUT2D eigenvalue weighted by molar-refractivity contribution is 5.46. The lowest BCUT2D eigenvalue weighted by atomic mass is 9.96. The van der Waals surface area contributed by atoms with Crippen molar-refractivity contribution in [3.8, 4) is 0 Å². The Morgan fingerprint density at radius 2 is 2.31 bits per heavy atom. The van der Waals surface area contributed by atoms with Crippen LogP contribution in [0, 0.1) is 5.92 Å². The van der Waals surface area contributed by atoms with E-state index in [9.17, 15) is 0 Å². The summed E-state index contributed by atoms with van der Waals surface area (Å²) in [6.45, 7) is 4.19. The van der Waals surface area contributed by atoms with E-state index in [0.717, 1.165) is 25.3 Å². The molecule has 16 heavy (non-hydrogen) atoms. The zero-order valence-corrected chi connectivity index (χ0v) is 9.89. The summed E-state index contributed by atoms with van der Waals surface area (Å²) in [5.41, 5.74) is 6.33. The summed E-state index contributed by atoms with van der Waals surface area (Å²) in [5.74, 6) is 1.61. The van der Waals surface area contributed by atoms with Crippen molar-refractivity contribution in [1.82, 2.24) is 4.98 Å². The summed E-state index contributed by atoms with van der Waals surface area (Å²) in [5, 5.41) is 0. The number of nitrogens with zero attached hydrogens (tertiary/aromatic N) is 2. The third-order valence-corrected chi connectivity index (χ3v) is 3.29. The third kappa shape index (κ3) is 2.27. The highest BCUT2D eigenvalue weighted by Gasteiger charge is 2.26. The molecule has 1 saturated heterocycles. The number of nitrogen functional groups attached to an aromatic ring is 1. The van der Waals surface area contributed by atoms with Crippen molar-refractivity contribution < 1.29 is 4.74 Å². The van der Waals surface area contributed by atoms with E-state index in [1.807, 2.05) is 12.1 Å². The summed E-state index contributed by atoms with van der Waals surface area (Å²) < 4.78 is 5.48. The van der Waals surface area contributed by atoms with Crippen LogP contribution in [0.4, 0.5) is 11.5 Å². The molecule has 1 aromatic rings. The fourth-order valence-electron chi connectivity index (χ4n) is 2.13. The molecule has 2 atom stereocenters. The number of pyridine rings is 1. The average Bonchev–Trinajstić information content (AvgIpc) is 2.31. The van der Waals surface area contributed by atoms with Gasteiger partial charge < -0.3 is 15.4 Å². The first kappa shape index (κ1) is 11.2. The second-order valence-electron chi connectivity index (χ2n) is 4.44. The van der Waals surface area contributed by atoms with Crippen LogP contribution in [0.5, 0.6) is 0 Å². The molecule has 0 spiro atoms. The van der Waals surface area contributed by atoms with Crippen molar-refractivity contribution in [3.63, 3.8) is 0 Å².